The lowest BCUT2D eigenvalue weighted by Crippen LogP contribution is -2.22. The fraction of sp³-hybridized carbons (Fsp3) is 0.353. The van der Waals surface area contributed by atoms with Crippen molar-refractivity contribution in [3.8, 4) is 0 Å². The van der Waals surface area contributed by atoms with Crippen LogP contribution in [0.15, 0.2) is 36.5 Å². The van der Waals surface area contributed by atoms with Crippen LogP contribution in [0.3, 0.4) is 0 Å². The minimum Gasteiger partial charge on any atom is -0.329 e. The monoisotopic (exact) mass is 303 g/mol. The number of nitrogens with zero attached hydrogens (tertiary/aromatic N) is 2. The number of halogens is 1. The number of anilines is 2. The second kappa shape index (κ2) is 6.92. The lowest BCUT2D eigenvalue weighted by atomic mass is 10.1. The van der Waals surface area contributed by atoms with E-state index < -0.39 is 0 Å². The molecule has 4 heteroatoms. The van der Waals surface area contributed by atoms with E-state index in [1.54, 1.807) is 6.20 Å². The van der Waals surface area contributed by atoms with E-state index in [-0.39, 0.29) is 0 Å². The summed E-state index contributed by atoms with van der Waals surface area (Å²) in [5.74, 6) is 0.897. The van der Waals surface area contributed by atoms with Crippen LogP contribution in [0.2, 0.25) is 5.02 Å². The molecule has 0 saturated carbocycles. The van der Waals surface area contributed by atoms with Crippen LogP contribution in [-0.2, 0) is 6.54 Å². The molecule has 21 heavy (non-hydrogen) atoms. The average molecular weight is 304 g/mol. The van der Waals surface area contributed by atoms with Crippen molar-refractivity contribution in [3.63, 3.8) is 0 Å². The standard InChI is InChI=1S/C17H22ClN3/c1-12(2)19-10-14-9-17(20-11-15(14)18)21(4)16-8-6-5-7-13(16)3/h5-9,11-12,19H,10H2,1-4H3. The van der Waals surface area contributed by atoms with Gasteiger partial charge in [-0.1, -0.05) is 43.6 Å². The summed E-state index contributed by atoms with van der Waals surface area (Å²) in [5, 5.41) is 4.09. The Balaban J connectivity index is 2.28. The van der Waals surface area contributed by atoms with E-state index in [9.17, 15) is 0 Å². The fourth-order valence-corrected chi connectivity index (χ4v) is 2.33. The molecule has 0 spiro atoms. The number of hydrogen-bond acceptors (Lipinski definition) is 3. The SMILES string of the molecule is Cc1ccccc1N(C)c1cc(CNC(C)C)c(Cl)cn1. The highest BCUT2D eigenvalue weighted by molar-refractivity contribution is 6.31. The molecule has 2 aromatic rings. The van der Waals surface area contributed by atoms with E-state index in [1.165, 1.54) is 5.56 Å². The Morgan fingerprint density at radius 2 is 2.00 bits per heavy atom. The number of pyridine rings is 1. The van der Waals surface area contributed by atoms with Gasteiger partial charge in [-0.15, -0.1) is 0 Å². The van der Waals surface area contributed by atoms with Crippen LogP contribution in [0.5, 0.6) is 0 Å². The summed E-state index contributed by atoms with van der Waals surface area (Å²) < 4.78 is 0. The number of nitrogens with one attached hydrogen (secondary N) is 1. The molecular formula is C17H22ClN3. The molecule has 1 aromatic heterocycles. The third-order valence-corrected chi connectivity index (χ3v) is 3.78. The van der Waals surface area contributed by atoms with Gasteiger partial charge >= 0.3 is 0 Å². The van der Waals surface area contributed by atoms with Gasteiger partial charge in [0, 0.05) is 31.5 Å². The van der Waals surface area contributed by atoms with Gasteiger partial charge in [0.25, 0.3) is 0 Å². The molecule has 1 aromatic carbocycles. The second-order valence-corrected chi connectivity index (χ2v) is 5.92. The van der Waals surface area contributed by atoms with Gasteiger partial charge in [-0.2, -0.15) is 0 Å². The van der Waals surface area contributed by atoms with Gasteiger partial charge in [0.15, 0.2) is 0 Å². The van der Waals surface area contributed by atoms with E-state index in [2.05, 4.69) is 48.1 Å². The third kappa shape index (κ3) is 3.96. The molecule has 112 valence electrons. The van der Waals surface area contributed by atoms with Crippen LogP contribution < -0.4 is 10.2 Å². The molecule has 1 heterocycles. The van der Waals surface area contributed by atoms with Crippen LogP contribution >= 0.6 is 11.6 Å². The van der Waals surface area contributed by atoms with E-state index in [1.807, 2.05) is 25.2 Å². The maximum Gasteiger partial charge on any atom is 0.133 e. The summed E-state index contributed by atoms with van der Waals surface area (Å²) in [6, 6.07) is 10.7. The zero-order valence-corrected chi connectivity index (χ0v) is 13.8. The van der Waals surface area contributed by atoms with Gasteiger partial charge in [-0.05, 0) is 30.2 Å². The Labute approximate surface area is 132 Å². The van der Waals surface area contributed by atoms with Crippen molar-refractivity contribution in [1.29, 1.82) is 0 Å². The smallest absolute Gasteiger partial charge is 0.133 e. The van der Waals surface area contributed by atoms with Crippen LogP contribution in [0, 0.1) is 6.92 Å². The Morgan fingerprint density at radius 1 is 1.29 bits per heavy atom. The molecule has 0 unspecified atom stereocenters. The zero-order chi connectivity index (χ0) is 15.4. The number of para-hydroxylation sites is 1. The molecule has 0 aliphatic rings. The van der Waals surface area contributed by atoms with E-state index in [4.69, 9.17) is 11.6 Å². The van der Waals surface area contributed by atoms with Gasteiger partial charge in [0.1, 0.15) is 5.82 Å². The van der Waals surface area contributed by atoms with Gasteiger partial charge in [0.2, 0.25) is 0 Å². The summed E-state index contributed by atoms with van der Waals surface area (Å²) in [6.45, 7) is 7.08. The Bertz CT molecular complexity index is 611. The number of aromatic nitrogens is 1. The summed E-state index contributed by atoms with van der Waals surface area (Å²) in [7, 11) is 2.03. The predicted octanol–water partition coefficient (Wildman–Crippen LogP) is 4.31. The van der Waals surface area contributed by atoms with Crippen molar-refractivity contribution >= 4 is 23.1 Å². The molecule has 0 atom stereocenters. The lowest BCUT2D eigenvalue weighted by Gasteiger charge is -2.21. The first-order valence-electron chi connectivity index (χ1n) is 7.16. The van der Waals surface area contributed by atoms with Gasteiger partial charge < -0.3 is 10.2 Å². The van der Waals surface area contributed by atoms with Crippen molar-refractivity contribution in [1.82, 2.24) is 10.3 Å². The molecule has 0 amide bonds. The summed E-state index contributed by atoms with van der Waals surface area (Å²) in [5.41, 5.74) is 3.43. The van der Waals surface area contributed by atoms with Crippen molar-refractivity contribution in [2.24, 2.45) is 0 Å². The molecule has 1 N–H and O–H groups in total. The normalized spacial score (nSPS) is 11.0. The van der Waals surface area contributed by atoms with E-state index >= 15 is 0 Å². The Hall–Kier alpha value is -1.58. The van der Waals surface area contributed by atoms with E-state index in [0.717, 1.165) is 23.6 Å². The third-order valence-electron chi connectivity index (χ3n) is 3.44. The number of aryl methyl sites for hydroxylation is 1. The minimum absolute atomic E-state index is 0.423. The van der Waals surface area contributed by atoms with E-state index in [0.29, 0.717) is 11.1 Å². The summed E-state index contributed by atoms with van der Waals surface area (Å²) in [6.07, 6.45) is 1.73. The first-order valence-corrected chi connectivity index (χ1v) is 7.54. The second-order valence-electron chi connectivity index (χ2n) is 5.52. The number of rotatable bonds is 5. The van der Waals surface area contributed by atoms with Crippen molar-refractivity contribution in [2.75, 3.05) is 11.9 Å². The summed E-state index contributed by atoms with van der Waals surface area (Å²) >= 11 is 6.24. The predicted molar refractivity (Wildman–Crippen MR) is 90.5 cm³/mol. The number of benzene rings is 1. The average Bonchev–Trinajstić information content (AvgIpc) is 2.46. The highest BCUT2D eigenvalue weighted by Gasteiger charge is 2.10. The first-order chi connectivity index (χ1) is 9.99. The molecule has 0 radical (unpaired) electrons. The first kappa shape index (κ1) is 15.8. The van der Waals surface area contributed by atoms with Crippen LogP contribution in [-0.4, -0.2) is 18.1 Å². The van der Waals surface area contributed by atoms with Crippen LogP contribution in [0.1, 0.15) is 25.0 Å². The van der Waals surface area contributed by atoms with Crippen molar-refractivity contribution in [3.05, 3.63) is 52.7 Å². The molecule has 2 rings (SSSR count). The summed E-state index contributed by atoms with van der Waals surface area (Å²) in [4.78, 5) is 6.54. The highest BCUT2D eigenvalue weighted by Crippen LogP contribution is 2.27. The molecular weight excluding hydrogens is 282 g/mol. The largest absolute Gasteiger partial charge is 0.329 e. The topological polar surface area (TPSA) is 28.2 Å². The maximum absolute atomic E-state index is 6.24. The van der Waals surface area contributed by atoms with Crippen LogP contribution in [0.4, 0.5) is 11.5 Å². The van der Waals surface area contributed by atoms with Gasteiger partial charge in [0.05, 0.1) is 5.02 Å². The molecule has 0 aliphatic heterocycles. The number of hydrogen-bond donors (Lipinski definition) is 1. The fourth-order valence-electron chi connectivity index (χ4n) is 2.16. The highest BCUT2D eigenvalue weighted by atomic mass is 35.5. The Kier molecular flexibility index (Phi) is 5.21. The molecule has 0 saturated heterocycles. The van der Waals surface area contributed by atoms with Crippen molar-refractivity contribution < 1.29 is 0 Å². The van der Waals surface area contributed by atoms with Gasteiger partial charge in [-0.3, -0.25) is 0 Å². The van der Waals surface area contributed by atoms with Crippen LogP contribution in [0.25, 0.3) is 0 Å². The molecule has 0 bridgehead atoms. The quantitative estimate of drug-likeness (QED) is 0.892. The molecule has 0 aliphatic carbocycles. The molecule has 0 fully saturated rings. The minimum atomic E-state index is 0.423. The van der Waals surface area contributed by atoms with Gasteiger partial charge in [-0.25, -0.2) is 4.98 Å². The van der Waals surface area contributed by atoms with Crippen molar-refractivity contribution in [2.45, 2.75) is 33.4 Å². The lowest BCUT2D eigenvalue weighted by molar-refractivity contribution is 0.588. The molecule has 3 nitrogen and oxygen atoms in total. The maximum atomic E-state index is 6.24. The zero-order valence-electron chi connectivity index (χ0n) is 13.0. The Morgan fingerprint density at radius 3 is 2.67 bits per heavy atom.